The summed E-state index contributed by atoms with van der Waals surface area (Å²) >= 11 is 6.28. The molecule has 1 aliphatic carbocycles. The van der Waals surface area contributed by atoms with E-state index in [1.165, 1.54) is 19.2 Å². The number of pyridine rings is 1. The summed E-state index contributed by atoms with van der Waals surface area (Å²) in [5.41, 5.74) is 3.68. The predicted molar refractivity (Wildman–Crippen MR) is 151 cm³/mol. The second kappa shape index (κ2) is 11.8. The van der Waals surface area contributed by atoms with Crippen LogP contribution in [-0.4, -0.2) is 50.4 Å². The first-order valence-corrected chi connectivity index (χ1v) is 13.9. The molecule has 5 rings (SSSR count). The third-order valence-electron chi connectivity index (χ3n) is 7.69. The van der Waals surface area contributed by atoms with Crippen molar-refractivity contribution in [2.45, 2.75) is 63.8 Å². The zero-order chi connectivity index (χ0) is 29.3. The molecule has 0 saturated heterocycles. The molecule has 10 nitrogen and oxygen atoms in total. The van der Waals surface area contributed by atoms with Crippen LogP contribution in [0.1, 0.15) is 50.4 Å². The van der Waals surface area contributed by atoms with Crippen LogP contribution in [0.15, 0.2) is 53.0 Å². The minimum Gasteiger partial charge on any atom is -0.435 e. The maximum atomic E-state index is 16.9. The molecule has 0 amide bonds. The fourth-order valence-corrected chi connectivity index (χ4v) is 5.82. The Morgan fingerprint density at radius 2 is 2.15 bits per heavy atom. The van der Waals surface area contributed by atoms with Gasteiger partial charge in [0.15, 0.2) is 17.5 Å². The summed E-state index contributed by atoms with van der Waals surface area (Å²) in [5.74, 6) is -0.624. The van der Waals surface area contributed by atoms with E-state index in [1.54, 1.807) is 16.8 Å². The monoisotopic (exact) mass is 586 g/mol. The van der Waals surface area contributed by atoms with Crippen molar-refractivity contribution >= 4 is 28.9 Å². The van der Waals surface area contributed by atoms with Gasteiger partial charge in [0.05, 0.1) is 10.7 Å². The van der Waals surface area contributed by atoms with Crippen LogP contribution in [0.5, 0.6) is 0 Å². The Labute approximate surface area is 240 Å². The zero-order valence-corrected chi connectivity index (χ0v) is 23.4. The summed E-state index contributed by atoms with van der Waals surface area (Å²) in [7, 11) is 0. The van der Waals surface area contributed by atoms with Gasteiger partial charge < -0.3 is 19.7 Å². The summed E-state index contributed by atoms with van der Waals surface area (Å²) < 4.78 is 38.5. The molecule has 2 aromatic heterocycles. The lowest BCUT2D eigenvalue weighted by Crippen LogP contribution is -2.50. The molecule has 2 aromatic rings. The number of nitrogens with one attached hydrogen (secondary N) is 2. The Morgan fingerprint density at radius 3 is 2.80 bits per heavy atom. The lowest BCUT2D eigenvalue weighted by atomic mass is 9.82. The van der Waals surface area contributed by atoms with Crippen molar-refractivity contribution in [3.63, 3.8) is 0 Å². The molecule has 3 unspecified atom stereocenters. The number of hydrogen-bond donors (Lipinski definition) is 4. The molecule has 3 atom stereocenters. The molecule has 218 valence electrons. The maximum absolute atomic E-state index is 16.9. The lowest BCUT2D eigenvalue weighted by Gasteiger charge is -2.30. The van der Waals surface area contributed by atoms with Crippen LogP contribution in [0.3, 0.4) is 0 Å². The lowest BCUT2D eigenvalue weighted by molar-refractivity contribution is -0.0255. The van der Waals surface area contributed by atoms with Crippen molar-refractivity contribution in [2.75, 3.05) is 6.54 Å². The fraction of sp³-hybridized carbons (Fsp3) is 0.464. The molecular weight excluding hydrogens is 554 g/mol. The van der Waals surface area contributed by atoms with Gasteiger partial charge in [0.2, 0.25) is 11.6 Å². The number of alkyl halides is 1. The van der Waals surface area contributed by atoms with Crippen LogP contribution in [0.4, 0.5) is 8.78 Å². The van der Waals surface area contributed by atoms with Gasteiger partial charge in [-0.25, -0.2) is 18.8 Å². The summed E-state index contributed by atoms with van der Waals surface area (Å²) in [6, 6.07) is 1.67. The Hall–Kier alpha value is -3.48. The van der Waals surface area contributed by atoms with Crippen molar-refractivity contribution in [2.24, 2.45) is 27.6 Å². The third-order valence-corrected chi connectivity index (χ3v) is 7.89. The Bertz CT molecular complexity index is 1530. The van der Waals surface area contributed by atoms with Gasteiger partial charge in [-0.15, -0.1) is 6.58 Å². The van der Waals surface area contributed by atoms with Crippen LogP contribution in [-0.2, 0) is 17.0 Å². The van der Waals surface area contributed by atoms with Gasteiger partial charge >= 0.3 is 0 Å². The first kappa shape index (κ1) is 29.0. The number of aliphatic hydroxyl groups is 1. The number of nitrogens with two attached hydrogens (primary N) is 1. The van der Waals surface area contributed by atoms with Crippen molar-refractivity contribution in [1.29, 1.82) is 5.41 Å². The van der Waals surface area contributed by atoms with Gasteiger partial charge in [0.1, 0.15) is 16.9 Å². The van der Waals surface area contributed by atoms with Crippen LogP contribution in [0.2, 0.25) is 5.02 Å². The summed E-state index contributed by atoms with van der Waals surface area (Å²) in [5, 5.41) is 21.7. The number of fused-ring (bicyclic) bond motifs is 1. The van der Waals surface area contributed by atoms with E-state index >= 15 is 4.39 Å². The number of hydrogen-bond acceptors (Lipinski definition) is 9. The number of imidazole rings is 1. The molecule has 1 fully saturated rings. The first-order chi connectivity index (χ1) is 19.6. The number of aliphatic imine (C=N–C) groups is 1. The SMILES string of the molecule is C=C[C@H]1CC[C@H](Cn2c(C(C)(F)C3=NCCC=C3F)nc3c2=C(c2cncc(Cl)c2)NC(C(=N)OC(N)O)N=3)CC1. The van der Waals surface area contributed by atoms with Crippen LogP contribution >= 0.6 is 11.6 Å². The van der Waals surface area contributed by atoms with Crippen LogP contribution in [0.25, 0.3) is 5.70 Å². The van der Waals surface area contributed by atoms with Gasteiger partial charge in [-0.2, -0.15) is 0 Å². The highest BCUT2D eigenvalue weighted by Gasteiger charge is 2.42. The highest BCUT2D eigenvalue weighted by Crippen LogP contribution is 2.34. The van der Waals surface area contributed by atoms with Gasteiger partial charge in [-0.05, 0) is 63.0 Å². The molecule has 1 saturated carbocycles. The number of halogens is 3. The number of nitrogens with zero attached hydrogens (tertiary/aromatic N) is 5. The molecule has 2 aliphatic heterocycles. The van der Waals surface area contributed by atoms with Gasteiger partial charge in [-0.1, -0.05) is 17.7 Å². The van der Waals surface area contributed by atoms with E-state index in [-0.39, 0.29) is 29.5 Å². The van der Waals surface area contributed by atoms with E-state index < -0.39 is 30.0 Å². The molecule has 4 heterocycles. The quantitative estimate of drug-likeness (QED) is 0.162. The van der Waals surface area contributed by atoms with E-state index in [0.29, 0.717) is 40.5 Å². The van der Waals surface area contributed by atoms with Crippen molar-refractivity contribution < 1.29 is 18.6 Å². The molecule has 3 aliphatic rings. The minimum absolute atomic E-state index is 0.0532. The molecular formula is C28H33ClF2N8O2. The summed E-state index contributed by atoms with van der Waals surface area (Å²) in [6.07, 6.45) is 7.57. The summed E-state index contributed by atoms with van der Waals surface area (Å²) in [6.45, 7) is 5.85. The number of dihydropyridines is 1. The van der Waals surface area contributed by atoms with Crippen LogP contribution in [0, 0.1) is 17.2 Å². The third kappa shape index (κ3) is 5.95. The Balaban J connectivity index is 1.73. The molecule has 0 aromatic carbocycles. The highest BCUT2D eigenvalue weighted by molar-refractivity contribution is 6.30. The molecule has 41 heavy (non-hydrogen) atoms. The number of rotatable bonds is 8. The second-order valence-electron chi connectivity index (χ2n) is 10.6. The fourth-order valence-electron chi connectivity index (χ4n) is 5.64. The number of ether oxygens (including phenoxy) is 1. The smallest absolute Gasteiger partial charge is 0.256 e. The predicted octanol–water partition coefficient (Wildman–Crippen LogP) is 2.74. The molecule has 0 radical (unpaired) electrons. The minimum atomic E-state index is -2.39. The average molecular weight is 587 g/mol. The van der Waals surface area contributed by atoms with Crippen LogP contribution < -0.4 is 21.9 Å². The molecule has 5 N–H and O–H groups in total. The normalized spacial score (nSPS) is 24.5. The molecule has 13 heteroatoms. The number of allylic oxidation sites excluding steroid dienone is 2. The topological polar surface area (TPSA) is 147 Å². The second-order valence-corrected chi connectivity index (χ2v) is 11.1. The highest BCUT2D eigenvalue weighted by atomic mass is 35.5. The van der Waals surface area contributed by atoms with Crippen molar-refractivity contribution in [3.8, 4) is 0 Å². The molecule has 0 spiro atoms. The summed E-state index contributed by atoms with van der Waals surface area (Å²) in [4.78, 5) is 17.5. The van der Waals surface area contributed by atoms with E-state index in [9.17, 15) is 9.50 Å². The van der Waals surface area contributed by atoms with Gasteiger partial charge in [0, 0.05) is 31.0 Å². The number of aromatic nitrogens is 3. The zero-order valence-electron chi connectivity index (χ0n) is 22.7. The number of aliphatic hydroxyl groups excluding tert-OH is 1. The van der Waals surface area contributed by atoms with E-state index in [0.717, 1.165) is 25.7 Å². The first-order valence-electron chi connectivity index (χ1n) is 13.6. The van der Waals surface area contributed by atoms with Crippen molar-refractivity contribution in [3.05, 3.63) is 70.3 Å². The maximum Gasteiger partial charge on any atom is 0.256 e. The van der Waals surface area contributed by atoms with E-state index in [2.05, 4.69) is 31.8 Å². The average Bonchev–Trinajstić information content (AvgIpc) is 3.31. The Kier molecular flexibility index (Phi) is 8.35. The Morgan fingerprint density at radius 1 is 1.39 bits per heavy atom. The standard InChI is InChI=1S/C28H33ClF2N8O2/c1-3-15-6-8-16(9-7-15)14-39-21-20(17-11-18(29)13-34-12-17)36-25(23(32)41-27(33)40)37-24(21)38-26(39)28(2,31)22-19(30)5-4-10-35-22/h3,5,11-13,15-16,25,27,32,36,40H,1,4,6-10,14,33H2,2H3/t15-,16-,25?,27?,28?. The van der Waals surface area contributed by atoms with E-state index in [1.807, 2.05) is 6.08 Å². The van der Waals surface area contributed by atoms with Gasteiger partial charge in [0.25, 0.3) is 6.41 Å². The van der Waals surface area contributed by atoms with E-state index in [4.69, 9.17) is 27.5 Å². The van der Waals surface area contributed by atoms with Gasteiger partial charge in [-0.3, -0.25) is 21.1 Å². The molecule has 0 bridgehead atoms. The van der Waals surface area contributed by atoms with Crippen molar-refractivity contribution in [1.82, 2.24) is 19.9 Å². The largest absolute Gasteiger partial charge is 0.435 e.